The summed E-state index contributed by atoms with van der Waals surface area (Å²) in [4.78, 5) is 11.6. The van der Waals surface area contributed by atoms with Crippen molar-refractivity contribution in [1.82, 2.24) is 21.1 Å². The van der Waals surface area contributed by atoms with E-state index in [2.05, 4.69) is 22.6 Å². The second-order valence-electron chi connectivity index (χ2n) is 8.19. The Hall–Kier alpha value is -1.12. The van der Waals surface area contributed by atoms with Gasteiger partial charge in [-0.1, -0.05) is 6.58 Å². The van der Waals surface area contributed by atoms with Crippen molar-refractivity contribution in [3.05, 3.63) is 12.7 Å². The van der Waals surface area contributed by atoms with E-state index in [0.29, 0.717) is 44.4 Å². The van der Waals surface area contributed by atoms with Crippen LogP contribution in [0.3, 0.4) is 0 Å². The highest BCUT2D eigenvalue weighted by atomic mass is 19.3. The second-order valence-corrected chi connectivity index (χ2v) is 8.19. The molecule has 27 heavy (non-hydrogen) atoms. The van der Waals surface area contributed by atoms with Crippen LogP contribution in [0.1, 0.15) is 32.1 Å². The monoisotopic (exact) mass is 388 g/mol. The molecule has 1 aliphatic carbocycles. The summed E-state index contributed by atoms with van der Waals surface area (Å²) in [5.74, 6) is 0.777. The molecule has 1 amide bonds. The van der Waals surface area contributed by atoms with Crippen LogP contribution in [0.15, 0.2) is 12.7 Å². The predicted molar refractivity (Wildman–Crippen MR) is 97.7 cm³/mol. The Labute approximate surface area is 159 Å². The summed E-state index contributed by atoms with van der Waals surface area (Å²) in [6.07, 6.45) is 4.47. The van der Waals surface area contributed by atoms with Crippen LogP contribution in [0.4, 0.5) is 13.2 Å². The van der Waals surface area contributed by atoms with Crippen LogP contribution in [0, 0.1) is 23.7 Å². The molecule has 2 heterocycles. The Kier molecular flexibility index (Phi) is 7.16. The van der Waals surface area contributed by atoms with Crippen LogP contribution < -0.4 is 16.1 Å². The van der Waals surface area contributed by atoms with Crippen molar-refractivity contribution in [2.75, 3.05) is 26.2 Å². The van der Waals surface area contributed by atoms with E-state index in [0.717, 1.165) is 30.8 Å². The number of alkyl halides is 3. The average Bonchev–Trinajstić information content (AvgIpc) is 3.17. The van der Waals surface area contributed by atoms with E-state index in [4.69, 9.17) is 0 Å². The van der Waals surface area contributed by atoms with Crippen molar-refractivity contribution in [3.8, 4) is 0 Å². The Morgan fingerprint density at radius 1 is 1.22 bits per heavy atom. The van der Waals surface area contributed by atoms with E-state index in [1.54, 1.807) is 0 Å². The molecule has 2 aliphatic heterocycles. The zero-order chi connectivity index (χ0) is 19.4. The molecule has 1 saturated carbocycles. The minimum absolute atomic E-state index is 0.117. The highest BCUT2D eigenvalue weighted by Crippen LogP contribution is 2.38. The molecule has 3 fully saturated rings. The highest BCUT2D eigenvalue weighted by Gasteiger charge is 2.42. The first-order chi connectivity index (χ1) is 13.0. The van der Waals surface area contributed by atoms with Gasteiger partial charge in [0.1, 0.15) is 6.17 Å². The number of hydrazine groups is 1. The number of amides is 1. The lowest BCUT2D eigenvalue weighted by molar-refractivity contribution is -0.116. The van der Waals surface area contributed by atoms with Gasteiger partial charge in [0.15, 0.2) is 0 Å². The normalized spacial score (nSPS) is 38.1. The summed E-state index contributed by atoms with van der Waals surface area (Å²) >= 11 is 0. The first kappa shape index (κ1) is 20.6. The number of nitrogens with zero attached hydrogens (tertiary/aromatic N) is 1. The van der Waals surface area contributed by atoms with E-state index in [1.165, 1.54) is 6.08 Å². The number of rotatable bonds is 6. The maximum atomic E-state index is 13.5. The number of hydrogen-bond donors (Lipinski definition) is 3. The summed E-state index contributed by atoms with van der Waals surface area (Å²) < 4.78 is 39.5. The fourth-order valence-electron chi connectivity index (χ4n) is 5.02. The van der Waals surface area contributed by atoms with Crippen LogP contribution in [0.25, 0.3) is 0 Å². The maximum absolute atomic E-state index is 13.5. The summed E-state index contributed by atoms with van der Waals surface area (Å²) in [5, 5.41) is 7.47. The number of halogens is 3. The topological polar surface area (TPSA) is 56.4 Å². The standard InChI is InChI=1S/C19H31F3N4O/c1-2-18(27)24-9-13-8-23-17(12-3-5-15(20)6-4-12)7-16(13)14-10-25-26(11-14)19(21)22/h2,12-17,19,23,25H,1,3-11H2,(H,24,27). The molecule has 4 unspecified atom stereocenters. The average molecular weight is 388 g/mol. The first-order valence-corrected chi connectivity index (χ1v) is 10.0. The van der Waals surface area contributed by atoms with E-state index in [9.17, 15) is 18.0 Å². The minimum atomic E-state index is -2.51. The van der Waals surface area contributed by atoms with Crippen molar-refractivity contribution in [3.63, 3.8) is 0 Å². The van der Waals surface area contributed by atoms with Gasteiger partial charge < -0.3 is 10.6 Å². The fraction of sp³-hybridized carbons (Fsp3) is 0.842. The number of carbonyl (C=O) groups is 1. The number of piperidine rings is 1. The second kappa shape index (κ2) is 9.39. The summed E-state index contributed by atoms with van der Waals surface area (Å²) in [5.41, 5.74) is 2.81. The lowest BCUT2D eigenvalue weighted by Crippen LogP contribution is -2.53. The van der Waals surface area contributed by atoms with Gasteiger partial charge in [-0.05, 0) is 61.9 Å². The minimum Gasteiger partial charge on any atom is -0.352 e. The molecule has 0 bridgehead atoms. The molecule has 2 saturated heterocycles. The van der Waals surface area contributed by atoms with Gasteiger partial charge in [-0.2, -0.15) is 13.8 Å². The lowest BCUT2D eigenvalue weighted by Gasteiger charge is -2.44. The molecular weight excluding hydrogens is 357 g/mol. The lowest BCUT2D eigenvalue weighted by atomic mass is 9.70. The van der Waals surface area contributed by atoms with Crippen LogP contribution >= 0.6 is 0 Å². The molecule has 5 nitrogen and oxygen atoms in total. The van der Waals surface area contributed by atoms with Crippen LogP contribution in [-0.2, 0) is 4.79 Å². The van der Waals surface area contributed by atoms with Crippen LogP contribution in [0.2, 0.25) is 0 Å². The molecule has 0 aromatic carbocycles. The van der Waals surface area contributed by atoms with Gasteiger partial charge in [0.25, 0.3) is 0 Å². The maximum Gasteiger partial charge on any atom is 0.306 e. The number of nitrogens with one attached hydrogen (secondary N) is 3. The molecule has 3 rings (SSSR count). The SMILES string of the molecule is C=CC(=O)NCC1CNC(C2CCC(F)CC2)CC1C1CNN(C(F)F)C1. The molecule has 0 aromatic rings. The van der Waals surface area contributed by atoms with Crippen LogP contribution in [0.5, 0.6) is 0 Å². The van der Waals surface area contributed by atoms with Crippen LogP contribution in [-0.4, -0.2) is 55.9 Å². The molecule has 0 radical (unpaired) electrons. The largest absolute Gasteiger partial charge is 0.352 e. The quantitative estimate of drug-likeness (QED) is 0.482. The van der Waals surface area contributed by atoms with Crippen molar-refractivity contribution in [1.29, 1.82) is 0 Å². The van der Waals surface area contributed by atoms with Gasteiger partial charge >= 0.3 is 6.55 Å². The fourth-order valence-corrected chi connectivity index (χ4v) is 5.02. The van der Waals surface area contributed by atoms with Gasteiger partial charge in [0, 0.05) is 32.2 Å². The van der Waals surface area contributed by atoms with Gasteiger partial charge in [-0.3, -0.25) is 10.2 Å². The summed E-state index contributed by atoms with van der Waals surface area (Å²) in [7, 11) is 0. The molecule has 4 atom stereocenters. The molecular formula is C19H31F3N4O. The smallest absolute Gasteiger partial charge is 0.306 e. The van der Waals surface area contributed by atoms with E-state index >= 15 is 0 Å². The van der Waals surface area contributed by atoms with Crippen molar-refractivity contribution < 1.29 is 18.0 Å². The van der Waals surface area contributed by atoms with E-state index in [1.807, 2.05) is 0 Å². The van der Waals surface area contributed by atoms with E-state index < -0.39 is 12.7 Å². The number of carbonyl (C=O) groups excluding carboxylic acids is 1. The van der Waals surface area contributed by atoms with Gasteiger partial charge in [0.05, 0.1) is 0 Å². The zero-order valence-electron chi connectivity index (χ0n) is 15.7. The van der Waals surface area contributed by atoms with E-state index in [-0.39, 0.29) is 23.7 Å². The Bertz CT molecular complexity index is 513. The highest BCUT2D eigenvalue weighted by molar-refractivity contribution is 5.86. The van der Waals surface area contributed by atoms with Gasteiger partial charge in [-0.15, -0.1) is 0 Å². The molecule has 0 spiro atoms. The predicted octanol–water partition coefficient (Wildman–Crippen LogP) is 2.07. The summed E-state index contributed by atoms with van der Waals surface area (Å²) in [6, 6.07) is 0.300. The molecule has 3 N–H and O–H groups in total. The van der Waals surface area contributed by atoms with Crippen molar-refractivity contribution in [2.24, 2.45) is 23.7 Å². The molecule has 3 aliphatic rings. The Morgan fingerprint density at radius 2 is 1.96 bits per heavy atom. The summed E-state index contributed by atoms with van der Waals surface area (Å²) in [6.45, 7) is 3.07. The van der Waals surface area contributed by atoms with Crippen molar-refractivity contribution >= 4 is 5.91 Å². The third-order valence-corrected chi connectivity index (χ3v) is 6.60. The number of hydrogen-bond acceptors (Lipinski definition) is 4. The molecule has 154 valence electrons. The Balaban J connectivity index is 1.64. The molecule has 8 heteroatoms. The zero-order valence-corrected chi connectivity index (χ0v) is 15.7. The van der Waals surface area contributed by atoms with Gasteiger partial charge in [-0.25, -0.2) is 4.39 Å². The van der Waals surface area contributed by atoms with Gasteiger partial charge in [0.2, 0.25) is 5.91 Å². The third-order valence-electron chi connectivity index (χ3n) is 6.60. The Morgan fingerprint density at radius 3 is 2.59 bits per heavy atom. The third kappa shape index (κ3) is 5.23. The first-order valence-electron chi connectivity index (χ1n) is 10.0. The van der Waals surface area contributed by atoms with Crippen molar-refractivity contribution in [2.45, 2.75) is 50.9 Å². The molecule has 0 aromatic heterocycles.